The van der Waals surface area contributed by atoms with E-state index in [0.717, 1.165) is 104 Å². The highest BCUT2D eigenvalue weighted by Gasteiger charge is 2.38. The monoisotopic (exact) mass is 750 g/mol. The fraction of sp³-hybridized carbons (Fsp3) is 0.154. The maximum absolute atomic E-state index is 11.7. The lowest BCUT2D eigenvalue weighted by Gasteiger charge is -2.34. The minimum Gasteiger partial charge on any atom is -0.454 e. The molecule has 58 heavy (non-hydrogen) atoms. The Morgan fingerprint density at radius 1 is 0.414 bits per heavy atom. The maximum Gasteiger partial charge on any atom is 0.160 e. The summed E-state index contributed by atoms with van der Waals surface area (Å²) in [5.41, 5.74) is 9.56. The highest BCUT2D eigenvalue weighted by Crippen LogP contribution is 2.50. The number of furan rings is 2. The molecule has 0 atom stereocenters. The van der Waals surface area contributed by atoms with E-state index in [4.69, 9.17) is 8.83 Å². The lowest BCUT2D eigenvalue weighted by molar-refractivity contribution is 0.560. The van der Waals surface area contributed by atoms with E-state index >= 15 is 0 Å². The summed E-state index contributed by atoms with van der Waals surface area (Å²) in [5, 5.41) is 31.6. The molecular formula is C52H38N4O2. The Labute approximate surface area is 334 Å². The Balaban J connectivity index is 1.42. The molecule has 0 saturated heterocycles. The van der Waals surface area contributed by atoms with Crippen LogP contribution in [-0.4, -0.2) is 9.13 Å². The van der Waals surface area contributed by atoms with Crippen LogP contribution in [0.1, 0.15) is 63.8 Å². The van der Waals surface area contributed by atoms with Gasteiger partial charge in [0.25, 0.3) is 0 Å². The average Bonchev–Trinajstić information content (AvgIpc) is 3.96. The molecule has 0 spiro atoms. The van der Waals surface area contributed by atoms with Crippen molar-refractivity contribution in [2.75, 3.05) is 0 Å². The van der Waals surface area contributed by atoms with Gasteiger partial charge in [-0.05, 0) is 47.2 Å². The molecule has 0 fully saturated rings. The van der Waals surface area contributed by atoms with Crippen LogP contribution in [0.25, 0.3) is 98.9 Å². The number of nitrogens with zero attached hydrogens (tertiary/aromatic N) is 4. The van der Waals surface area contributed by atoms with Gasteiger partial charge in [-0.2, -0.15) is 10.5 Å². The number of aromatic nitrogens is 2. The molecule has 0 amide bonds. The van der Waals surface area contributed by atoms with E-state index in [1.807, 2.05) is 48.5 Å². The van der Waals surface area contributed by atoms with Gasteiger partial charge in [-0.3, -0.25) is 0 Å². The van der Waals surface area contributed by atoms with Crippen LogP contribution >= 0.6 is 0 Å². The zero-order chi connectivity index (χ0) is 39.8. The Bertz CT molecular complexity index is 3620. The quantitative estimate of drug-likeness (QED) is 0.176. The number of rotatable bonds is 2. The molecule has 278 valence electrons. The van der Waals surface area contributed by atoms with E-state index in [-0.39, 0.29) is 0 Å². The zero-order valence-electron chi connectivity index (χ0n) is 33.2. The van der Waals surface area contributed by atoms with E-state index in [1.54, 1.807) is 0 Å². The zero-order valence-corrected chi connectivity index (χ0v) is 33.2. The van der Waals surface area contributed by atoms with Crippen LogP contribution in [0.4, 0.5) is 0 Å². The van der Waals surface area contributed by atoms with Gasteiger partial charge in [0.05, 0.1) is 44.6 Å². The molecule has 11 rings (SSSR count). The van der Waals surface area contributed by atoms with E-state index in [0.29, 0.717) is 16.8 Å². The van der Waals surface area contributed by atoms with Crippen molar-refractivity contribution < 1.29 is 8.83 Å². The molecule has 6 heteroatoms. The summed E-state index contributed by atoms with van der Waals surface area (Å²) in [6.45, 7) is 13.0. The smallest absolute Gasteiger partial charge is 0.160 e. The molecule has 0 aliphatic rings. The first-order valence-electron chi connectivity index (χ1n) is 19.7. The normalized spacial score (nSPS) is 12.6. The molecule has 0 bridgehead atoms. The van der Waals surface area contributed by atoms with Crippen LogP contribution in [0, 0.1) is 22.7 Å². The molecule has 0 unspecified atom stereocenters. The van der Waals surface area contributed by atoms with Gasteiger partial charge in [-0.15, -0.1) is 0 Å². The summed E-state index contributed by atoms with van der Waals surface area (Å²) in [4.78, 5) is 0. The number of fused-ring (bicyclic) bond motifs is 14. The Hall–Kier alpha value is -7.28. The lowest BCUT2D eigenvalue weighted by Crippen LogP contribution is -2.27. The second kappa shape index (κ2) is 11.6. The lowest BCUT2D eigenvalue weighted by atomic mass is 9.73. The maximum atomic E-state index is 11.7. The first-order chi connectivity index (χ1) is 28.0. The van der Waals surface area contributed by atoms with E-state index in [2.05, 4.69) is 136 Å². The summed E-state index contributed by atoms with van der Waals surface area (Å²) in [5.74, 6) is 0. The van der Waals surface area contributed by atoms with Gasteiger partial charge in [0.1, 0.15) is 23.3 Å². The Morgan fingerprint density at radius 3 is 1.19 bits per heavy atom. The summed E-state index contributed by atoms with van der Waals surface area (Å²) in [6.07, 6.45) is 0. The third-order valence-corrected chi connectivity index (χ3v) is 12.0. The van der Waals surface area contributed by atoms with E-state index < -0.39 is 10.8 Å². The first kappa shape index (κ1) is 34.0. The summed E-state index contributed by atoms with van der Waals surface area (Å²) < 4.78 is 18.0. The van der Waals surface area contributed by atoms with Gasteiger partial charge >= 0.3 is 0 Å². The van der Waals surface area contributed by atoms with Crippen LogP contribution in [-0.2, 0) is 10.8 Å². The molecule has 0 saturated carbocycles. The molecule has 4 aromatic heterocycles. The van der Waals surface area contributed by atoms with Crippen molar-refractivity contribution in [3.63, 3.8) is 0 Å². The standard InChI is InChI=1S/C52H38N4O2/c1-51(2,3)43-37(27-53)45(55-39-19-11-7-15-29(39)33-23-25-35-31-17-9-13-21-41(31)57-49(35)46(33)55)38(28-54)44(52(4,5)6)48(43)56-40-20-12-8-16-30(40)34-24-26-36-32-18-10-14-22-42(32)58-50(36)47(34)56/h7-26H,1-6H3. The predicted octanol–water partition coefficient (Wildman–Crippen LogP) is 14.0. The van der Waals surface area contributed by atoms with Crippen molar-refractivity contribution in [3.05, 3.63) is 144 Å². The largest absolute Gasteiger partial charge is 0.454 e. The number of hydrogen-bond donors (Lipinski definition) is 0. The highest BCUT2D eigenvalue weighted by atomic mass is 16.3. The van der Waals surface area contributed by atoms with Gasteiger partial charge < -0.3 is 18.0 Å². The van der Waals surface area contributed by atoms with Crippen molar-refractivity contribution in [2.45, 2.75) is 52.4 Å². The SMILES string of the molecule is CC(C)(C)c1c(C#N)c(-n2c3ccccc3c3ccc4c5ccccc5oc4c32)c(C#N)c(C(C)(C)C)c1-n1c2ccccc2c2ccc3c4ccccc4oc3c21. The van der Waals surface area contributed by atoms with Gasteiger partial charge in [0, 0.05) is 54.2 Å². The van der Waals surface area contributed by atoms with Gasteiger partial charge in [-0.25, -0.2) is 0 Å². The summed E-state index contributed by atoms with van der Waals surface area (Å²) >= 11 is 0. The third-order valence-electron chi connectivity index (χ3n) is 12.0. The van der Waals surface area contributed by atoms with Gasteiger partial charge in [0.15, 0.2) is 11.2 Å². The molecule has 0 aliphatic heterocycles. The van der Waals surface area contributed by atoms with Crippen LogP contribution in [0.15, 0.2) is 130 Å². The van der Waals surface area contributed by atoms with Crippen molar-refractivity contribution in [3.8, 4) is 23.5 Å². The minimum absolute atomic E-state index is 0.450. The molecule has 11 aromatic rings. The fourth-order valence-electron chi connectivity index (χ4n) is 9.78. The molecule has 4 heterocycles. The first-order valence-corrected chi connectivity index (χ1v) is 19.7. The summed E-state index contributed by atoms with van der Waals surface area (Å²) in [6, 6.07) is 47.0. The molecular weight excluding hydrogens is 713 g/mol. The van der Waals surface area contributed by atoms with Gasteiger partial charge in [-0.1, -0.05) is 126 Å². The number of benzene rings is 7. The topological polar surface area (TPSA) is 83.7 Å². The Kier molecular flexibility index (Phi) is 6.82. The Morgan fingerprint density at radius 2 is 0.776 bits per heavy atom. The second-order valence-corrected chi connectivity index (χ2v) is 17.5. The number of para-hydroxylation sites is 4. The van der Waals surface area contributed by atoms with Crippen LogP contribution in [0.3, 0.4) is 0 Å². The minimum atomic E-state index is -0.573. The number of hydrogen-bond acceptors (Lipinski definition) is 4. The van der Waals surface area contributed by atoms with Crippen LogP contribution < -0.4 is 0 Å². The van der Waals surface area contributed by atoms with Crippen molar-refractivity contribution in [1.82, 2.24) is 9.13 Å². The number of nitriles is 2. The fourth-order valence-corrected chi connectivity index (χ4v) is 9.78. The molecule has 6 nitrogen and oxygen atoms in total. The predicted molar refractivity (Wildman–Crippen MR) is 237 cm³/mol. The second-order valence-electron chi connectivity index (χ2n) is 17.5. The molecule has 0 aliphatic carbocycles. The molecule has 0 radical (unpaired) electrons. The van der Waals surface area contributed by atoms with Crippen molar-refractivity contribution >= 4 is 87.5 Å². The van der Waals surface area contributed by atoms with Gasteiger partial charge in [0.2, 0.25) is 0 Å². The van der Waals surface area contributed by atoms with Crippen molar-refractivity contribution in [1.29, 1.82) is 10.5 Å². The summed E-state index contributed by atoms with van der Waals surface area (Å²) in [7, 11) is 0. The van der Waals surface area contributed by atoms with Crippen LogP contribution in [0.5, 0.6) is 0 Å². The average molecular weight is 751 g/mol. The molecule has 7 aromatic carbocycles. The van der Waals surface area contributed by atoms with Crippen molar-refractivity contribution in [2.24, 2.45) is 0 Å². The van der Waals surface area contributed by atoms with E-state index in [9.17, 15) is 10.5 Å². The third kappa shape index (κ3) is 4.40. The molecule has 0 N–H and O–H groups in total. The highest BCUT2D eigenvalue weighted by molar-refractivity contribution is 6.23. The van der Waals surface area contributed by atoms with Crippen LogP contribution in [0.2, 0.25) is 0 Å². The van der Waals surface area contributed by atoms with E-state index in [1.165, 1.54) is 0 Å².